The van der Waals surface area contributed by atoms with Gasteiger partial charge in [0.1, 0.15) is 0 Å². The predicted molar refractivity (Wildman–Crippen MR) is 67.0 cm³/mol. The van der Waals surface area contributed by atoms with Crippen LogP contribution in [-0.2, 0) is 4.79 Å². The lowest BCUT2D eigenvalue weighted by atomic mass is 10.2. The zero-order valence-electron chi connectivity index (χ0n) is 10.3. The monoisotopic (exact) mass is 235 g/mol. The Hall–Kier alpha value is -1.97. The molecule has 0 atom stereocenters. The van der Waals surface area contributed by atoms with Crippen LogP contribution in [0.1, 0.15) is 19.4 Å². The highest BCUT2D eigenvalue weighted by molar-refractivity contribution is 5.90. The molecule has 0 aliphatic heterocycles. The SMILES string of the molecule is COc1ccc(/C=C\C(N)=O)cc1OC(C)C. The van der Waals surface area contributed by atoms with Crippen LogP contribution in [-0.4, -0.2) is 19.1 Å². The summed E-state index contributed by atoms with van der Waals surface area (Å²) in [5.74, 6) is 0.830. The van der Waals surface area contributed by atoms with E-state index in [0.29, 0.717) is 11.5 Å². The maximum atomic E-state index is 10.6. The van der Waals surface area contributed by atoms with Gasteiger partial charge in [-0.25, -0.2) is 0 Å². The molecule has 0 saturated heterocycles. The summed E-state index contributed by atoms with van der Waals surface area (Å²) in [7, 11) is 1.58. The number of methoxy groups -OCH3 is 1. The fraction of sp³-hybridized carbons (Fsp3) is 0.308. The number of amides is 1. The van der Waals surface area contributed by atoms with E-state index >= 15 is 0 Å². The number of carbonyl (C=O) groups excluding carboxylic acids is 1. The molecule has 4 heteroatoms. The topological polar surface area (TPSA) is 61.5 Å². The van der Waals surface area contributed by atoms with Crippen LogP contribution in [0.4, 0.5) is 0 Å². The van der Waals surface area contributed by atoms with Crippen LogP contribution in [0.15, 0.2) is 24.3 Å². The molecule has 0 unspecified atom stereocenters. The minimum Gasteiger partial charge on any atom is -0.493 e. The Morgan fingerprint density at radius 1 is 1.35 bits per heavy atom. The van der Waals surface area contributed by atoms with Gasteiger partial charge in [0.25, 0.3) is 0 Å². The molecule has 0 radical (unpaired) electrons. The van der Waals surface area contributed by atoms with E-state index in [0.717, 1.165) is 5.56 Å². The molecule has 0 bridgehead atoms. The maximum absolute atomic E-state index is 10.6. The average Bonchev–Trinajstić information content (AvgIpc) is 2.25. The van der Waals surface area contributed by atoms with E-state index < -0.39 is 5.91 Å². The molecule has 2 N–H and O–H groups in total. The highest BCUT2D eigenvalue weighted by Crippen LogP contribution is 2.29. The van der Waals surface area contributed by atoms with E-state index in [1.54, 1.807) is 25.3 Å². The van der Waals surface area contributed by atoms with E-state index in [2.05, 4.69) is 0 Å². The second kappa shape index (κ2) is 5.94. The molecule has 17 heavy (non-hydrogen) atoms. The smallest absolute Gasteiger partial charge is 0.241 e. The van der Waals surface area contributed by atoms with Crippen molar-refractivity contribution in [2.75, 3.05) is 7.11 Å². The van der Waals surface area contributed by atoms with Crippen LogP contribution in [0.25, 0.3) is 6.08 Å². The van der Waals surface area contributed by atoms with Crippen LogP contribution in [0.3, 0.4) is 0 Å². The van der Waals surface area contributed by atoms with Crippen molar-refractivity contribution in [3.63, 3.8) is 0 Å². The molecule has 1 aromatic rings. The van der Waals surface area contributed by atoms with Crippen molar-refractivity contribution in [3.8, 4) is 11.5 Å². The fourth-order valence-electron chi connectivity index (χ4n) is 1.32. The van der Waals surface area contributed by atoms with E-state index in [4.69, 9.17) is 15.2 Å². The molecule has 1 rings (SSSR count). The number of ether oxygens (including phenoxy) is 2. The minimum absolute atomic E-state index is 0.0549. The Kier molecular flexibility index (Phi) is 4.57. The van der Waals surface area contributed by atoms with Crippen molar-refractivity contribution in [1.29, 1.82) is 0 Å². The third kappa shape index (κ3) is 4.18. The summed E-state index contributed by atoms with van der Waals surface area (Å²) >= 11 is 0. The molecule has 0 heterocycles. The molecule has 0 aromatic heterocycles. The first-order valence-corrected chi connectivity index (χ1v) is 5.35. The largest absolute Gasteiger partial charge is 0.493 e. The average molecular weight is 235 g/mol. The zero-order valence-corrected chi connectivity index (χ0v) is 10.3. The van der Waals surface area contributed by atoms with Gasteiger partial charge in [-0.2, -0.15) is 0 Å². The Morgan fingerprint density at radius 3 is 2.59 bits per heavy atom. The number of primary amides is 1. The van der Waals surface area contributed by atoms with Crippen molar-refractivity contribution >= 4 is 12.0 Å². The highest BCUT2D eigenvalue weighted by Gasteiger charge is 2.06. The standard InChI is InChI=1S/C13H17NO3/c1-9(2)17-12-8-10(5-7-13(14)15)4-6-11(12)16-3/h4-9H,1-3H3,(H2,14,15)/b7-5-. The van der Waals surface area contributed by atoms with Crippen molar-refractivity contribution in [3.05, 3.63) is 29.8 Å². The van der Waals surface area contributed by atoms with Gasteiger partial charge in [-0.15, -0.1) is 0 Å². The van der Waals surface area contributed by atoms with Crippen LogP contribution in [0.2, 0.25) is 0 Å². The molecular formula is C13H17NO3. The van der Waals surface area contributed by atoms with Crippen LogP contribution in [0, 0.1) is 0 Å². The van der Waals surface area contributed by atoms with E-state index in [9.17, 15) is 4.79 Å². The lowest BCUT2D eigenvalue weighted by Gasteiger charge is -2.13. The molecule has 1 amide bonds. The summed E-state index contributed by atoms with van der Waals surface area (Å²) in [6.45, 7) is 3.87. The van der Waals surface area contributed by atoms with Crippen molar-refractivity contribution in [1.82, 2.24) is 0 Å². The van der Waals surface area contributed by atoms with Gasteiger partial charge >= 0.3 is 0 Å². The van der Waals surface area contributed by atoms with Gasteiger partial charge < -0.3 is 15.2 Å². The van der Waals surface area contributed by atoms with Gasteiger partial charge in [-0.3, -0.25) is 4.79 Å². The lowest BCUT2D eigenvalue weighted by Crippen LogP contribution is -2.07. The predicted octanol–water partition coefficient (Wildman–Crippen LogP) is 1.98. The second-order valence-electron chi connectivity index (χ2n) is 3.81. The highest BCUT2D eigenvalue weighted by atomic mass is 16.5. The summed E-state index contributed by atoms with van der Waals surface area (Å²) in [6, 6.07) is 5.42. The number of rotatable bonds is 5. The molecule has 4 nitrogen and oxygen atoms in total. The molecule has 0 fully saturated rings. The number of hydrogen-bond donors (Lipinski definition) is 1. The quantitative estimate of drug-likeness (QED) is 0.794. The minimum atomic E-state index is -0.479. The summed E-state index contributed by atoms with van der Waals surface area (Å²) in [5.41, 5.74) is 5.87. The zero-order chi connectivity index (χ0) is 12.8. The third-order valence-electron chi connectivity index (χ3n) is 1.99. The normalized spacial score (nSPS) is 10.8. The Morgan fingerprint density at radius 2 is 2.06 bits per heavy atom. The number of carbonyl (C=O) groups is 1. The van der Waals surface area contributed by atoms with Crippen LogP contribution >= 0.6 is 0 Å². The summed E-state index contributed by atoms with van der Waals surface area (Å²) in [6.07, 6.45) is 3.00. The first-order chi connectivity index (χ1) is 8.02. The fourth-order valence-corrected chi connectivity index (χ4v) is 1.32. The van der Waals surface area contributed by atoms with E-state index in [1.165, 1.54) is 6.08 Å². The molecule has 0 spiro atoms. The van der Waals surface area contributed by atoms with Crippen LogP contribution in [0.5, 0.6) is 11.5 Å². The second-order valence-corrected chi connectivity index (χ2v) is 3.81. The Balaban J connectivity index is 2.99. The first-order valence-electron chi connectivity index (χ1n) is 5.35. The summed E-state index contributed by atoms with van der Waals surface area (Å²) in [5, 5.41) is 0. The van der Waals surface area contributed by atoms with Gasteiger partial charge in [0, 0.05) is 6.08 Å². The number of hydrogen-bond acceptors (Lipinski definition) is 3. The first kappa shape index (κ1) is 13.1. The van der Waals surface area contributed by atoms with Crippen molar-refractivity contribution in [2.24, 2.45) is 5.73 Å². The number of nitrogens with two attached hydrogens (primary N) is 1. The van der Waals surface area contributed by atoms with Gasteiger partial charge in [-0.1, -0.05) is 6.07 Å². The van der Waals surface area contributed by atoms with E-state index in [1.807, 2.05) is 19.9 Å². The molecule has 0 aliphatic rings. The lowest BCUT2D eigenvalue weighted by molar-refractivity contribution is -0.113. The molecular weight excluding hydrogens is 218 g/mol. The molecule has 1 aromatic carbocycles. The molecule has 0 saturated carbocycles. The van der Waals surface area contributed by atoms with E-state index in [-0.39, 0.29) is 6.10 Å². The van der Waals surface area contributed by atoms with Crippen molar-refractivity contribution < 1.29 is 14.3 Å². The Labute approximate surface area is 101 Å². The summed E-state index contributed by atoms with van der Waals surface area (Å²) < 4.78 is 10.8. The Bertz CT molecular complexity index is 425. The number of benzene rings is 1. The van der Waals surface area contributed by atoms with Crippen molar-refractivity contribution in [2.45, 2.75) is 20.0 Å². The maximum Gasteiger partial charge on any atom is 0.241 e. The van der Waals surface area contributed by atoms with Gasteiger partial charge in [-0.05, 0) is 37.6 Å². The van der Waals surface area contributed by atoms with Gasteiger partial charge in [0.2, 0.25) is 5.91 Å². The van der Waals surface area contributed by atoms with Gasteiger partial charge in [0.05, 0.1) is 13.2 Å². The summed E-state index contributed by atoms with van der Waals surface area (Å²) in [4.78, 5) is 10.6. The van der Waals surface area contributed by atoms with Gasteiger partial charge in [0.15, 0.2) is 11.5 Å². The van der Waals surface area contributed by atoms with Crippen LogP contribution < -0.4 is 15.2 Å². The third-order valence-corrected chi connectivity index (χ3v) is 1.99. The molecule has 92 valence electrons. The molecule has 0 aliphatic carbocycles.